The van der Waals surface area contributed by atoms with E-state index >= 15 is 0 Å². The van der Waals surface area contributed by atoms with Crippen molar-refractivity contribution in [1.82, 2.24) is 13.9 Å². The number of halogens is 5. The Bertz CT molecular complexity index is 1690. The Kier molecular flexibility index (Phi) is 8.02. The number of hydrogen-bond acceptors (Lipinski definition) is 5. The van der Waals surface area contributed by atoms with E-state index in [9.17, 15) is 26.7 Å². The molecular weight excluding hydrogens is 626 g/mol. The van der Waals surface area contributed by atoms with Gasteiger partial charge >= 0.3 is 15.5 Å². The fourth-order valence-corrected chi connectivity index (χ4v) is 7.33. The molecule has 0 spiro atoms. The normalized spacial score (nSPS) is 19.3. The SMILES string of the molecule is O=S(=O)(N1CCC(n2c(C3CCCO3)nc3ccc(C(O)(c4ccc(Cl)cc4)c4ccc(Cl)cc4)cc32)CC1)C(F)(F)F. The van der Waals surface area contributed by atoms with Gasteiger partial charge < -0.3 is 14.4 Å². The summed E-state index contributed by atoms with van der Waals surface area (Å²) < 4.78 is 72.3. The number of piperidine rings is 1. The first-order valence-corrected chi connectivity index (χ1v) is 16.0. The van der Waals surface area contributed by atoms with E-state index in [1.165, 1.54) is 0 Å². The van der Waals surface area contributed by atoms with Crippen molar-refractivity contribution in [2.45, 2.75) is 48.9 Å². The zero-order valence-corrected chi connectivity index (χ0v) is 25.1. The molecule has 1 aromatic heterocycles. The van der Waals surface area contributed by atoms with Gasteiger partial charge in [-0.25, -0.2) is 13.4 Å². The van der Waals surface area contributed by atoms with E-state index in [2.05, 4.69) is 0 Å². The van der Waals surface area contributed by atoms with Gasteiger partial charge in [-0.2, -0.15) is 17.5 Å². The highest BCUT2D eigenvalue weighted by atomic mass is 35.5. The van der Waals surface area contributed by atoms with Crippen molar-refractivity contribution >= 4 is 44.3 Å². The molecule has 4 aromatic rings. The van der Waals surface area contributed by atoms with Crippen LogP contribution in [0.4, 0.5) is 13.2 Å². The summed E-state index contributed by atoms with van der Waals surface area (Å²) >= 11 is 12.3. The summed E-state index contributed by atoms with van der Waals surface area (Å²) in [5, 5.41) is 13.5. The molecular formula is C30H28Cl2F3N3O4S. The largest absolute Gasteiger partial charge is 0.511 e. The summed E-state index contributed by atoms with van der Waals surface area (Å²) in [7, 11) is -5.42. The van der Waals surface area contributed by atoms with E-state index in [0.29, 0.717) is 54.5 Å². The lowest BCUT2D eigenvalue weighted by Crippen LogP contribution is -2.45. The standard InChI is InChI=1S/C30H28Cl2F3N3O4S/c31-22-8-3-19(4-9-22)29(39,20-5-10-23(32)11-6-20)21-7-12-25-26(18-21)38(28(36-25)27-2-1-17-42-27)24-13-15-37(16-14-24)43(40,41)30(33,34)35/h3-12,18,24,27,39H,1-2,13-17H2. The minimum absolute atomic E-state index is 0.156. The maximum Gasteiger partial charge on any atom is 0.511 e. The van der Waals surface area contributed by atoms with E-state index in [0.717, 1.165) is 12.8 Å². The minimum atomic E-state index is -5.42. The number of alkyl halides is 3. The lowest BCUT2D eigenvalue weighted by Gasteiger charge is -2.34. The van der Waals surface area contributed by atoms with Crippen LogP contribution in [0.15, 0.2) is 66.7 Å². The van der Waals surface area contributed by atoms with Crippen molar-refractivity contribution in [1.29, 1.82) is 0 Å². The molecule has 6 rings (SSSR count). The fourth-order valence-electron chi connectivity index (χ4n) is 6.10. The molecule has 1 N–H and O–H groups in total. The van der Waals surface area contributed by atoms with Crippen molar-refractivity contribution in [3.8, 4) is 0 Å². The molecule has 0 bridgehead atoms. The van der Waals surface area contributed by atoms with E-state index in [4.69, 9.17) is 32.9 Å². The van der Waals surface area contributed by atoms with Crippen LogP contribution in [0.25, 0.3) is 11.0 Å². The van der Waals surface area contributed by atoms with E-state index in [1.807, 2.05) is 10.6 Å². The first-order chi connectivity index (χ1) is 20.4. The second kappa shape index (κ2) is 11.4. The second-order valence-electron chi connectivity index (χ2n) is 10.9. The molecule has 43 heavy (non-hydrogen) atoms. The Morgan fingerprint density at radius 1 is 0.860 bits per heavy atom. The maximum atomic E-state index is 13.2. The van der Waals surface area contributed by atoms with Gasteiger partial charge in [0, 0.05) is 35.8 Å². The van der Waals surface area contributed by atoms with Crippen LogP contribution in [0.5, 0.6) is 0 Å². The Balaban J connectivity index is 1.47. The lowest BCUT2D eigenvalue weighted by atomic mass is 9.80. The second-order valence-corrected chi connectivity index (χ2v) is 13.7. The molecule has 3 aromatic carbocycles. The molecule has 7 nitrogen and oxygen atoms in total. The number of imidazole rings is 1. The van der Waals surface area contributed by atoms with Crippen molar-refractivity contribution in [3.63, 3.8) is 0 Å². The summed E-state index contributed by atoms with van der Waals surface area (Å²) in [4.78, 5) is 4.88. The Morgan fingerprint density at radius 3 is 1.93 bits per heavy atom. The predicted molar refractivity (Wildman–Crippen MR) is 157 cm³/mol. The number of nitrogens with zero attached hydrogens (tertiary/aromatic N) is 3. The number of aromatic nitrogens is 2. The zero-order valence-electron chi connectivity index (χ0n) is 22.8. The monoisotopic (exact) mass is 653 g/mol. The van der Waals surface area contributed by atoms with Gasteiger partial charge in [0.2, 0.25) is 0 Å². The third kappa shape index (κ3) is 5.44. The Hall–Kier alpha value is -2.67. The quantitative estimate of drug-likeness (QED) is 0.227. The molecule has 1 unspecified atom stereocenters. The molecule has 0 saturated carbocycles. The number of hydrogen-bond donors (Lipinski definition) is 1. The zero-order chi connectivity index (χ0) is 30.6. The van der Waals surface area contributed by atoms with Gasteiger partial charge in [-0.15, -0.1) is 0 Å². The van der Waals surface area contributed by atoms with E-state index in [-0.39, 0.29) is 38.1 Å². The lowest BCUT2D eigenvalue weighted by molar-refractivity contribution is -0.0496. The van der Waals surface area contributed by atoms with Crippen LogP contribution >= 0.6 is 23.2 Å². The molecule has 0 radical (unpaired) electrons. The molecule has 2 saturated heterocycles. The van der Waals surface area contributed by atoms with Gasteiger partial charge in [0.15, 0.2) is 0 Å². The molecule has 1 atom stereocenters. The average Bonchev–Trinajstić information content (AvgIpc) is 3.65. The maximum absolute atomic E-state index is 13.2. The predicted octanol–water partition coefficient (Wildman–Crippen LogP) is 6.97. The first kappa shape index (κ1) is 30.4. The molecule has 3 heterocycles. The number of benzene rings is 3. The number of ether oxygens (including phenoxy) is 1. The van der Waals surface area contributed by atoms with Crippen molar-refractivity contribution in [2.75, 3.05) is 19.7 Å². The van der Waals surface area contributed by atoms with Crippen LogP contribution < -0.4 is 0 Å². The average molecular weight is 655 g/mol. The van der Waals surface area contributed by atoms with Gasteiger partial charge in [0.25, 0.3) is 0 Å². The number of sulfonamides is 1. The molecule has 2 fully saturated rings. The van der Waals surface area contributed by atoms with Crippen LogP contribution in [0.2, 0.25) is 10.0 Å². The van der Waals surface area contributed by atoms with E-state index in [1.54, 1.807) is 60.7 Å². The smallest absolute Gasteiger partial charge is 0.376 e. The summed E-state index contributed by atoms with van der Waals surface area (Å²) in [6, 6.07) is 18.8. The fraction of sp³-hybridized carbons (Fsp3) is 0.367. The highest BCUT2D eigenvalue weighted by Gasteiger charge is 2.50. The number of aliphatic hydroxyl groups is 1. The molecule has 2 aliphatic rings. The van der Waals surface area contributed by atoms with Crippen LogP contribution in [0.3, 0.4) is 0 Å². The van der Waals surface area contributed by atoms with Gasteiger partial charge in [0.05, 0.1) is 11.0 Å². The van der Waals surface area contributed by atoms with Gasteiger partial charge in [-0.1, -0.05) is 53.5 Å². The Labute approximate surface area is 256 Å². The van der Waals surface area contributed by atoms with Crippen molar-refractivity contribution < 1.29 is 31.4 Å². The molecule has 2 aliphatic heterocycles. The third-order valence-electron chi connectivity index (χ3n) is 8.30. The van der Waals surface area contributed by atoms with Crippen LogP contribution in [-0.2, 0) is 20.4 Å². The topological polar surface area (TPSA) is 84.7 Å². The van der Waals surface area contributed by atoms with E-state index < -0.39 is 21.1 Å². The van der Waals surface area contributed by atoms with Crippen LogP contribution in [-0.4, -0.2) is 52.6 Å². The number of fused-ring (bicyclic) bond motifs is 1. The minimum Gasteiger partial charge on any atom is -0.376 e. The van der Waals surface area contributed by atoms with Gasteiger partial charge in [-0.3, -0.25) is 0 Å². The van der Waals surface area contributed by atoms with Gasteiger partial charge in [0.1, 0.15) is 17.5 Å². The highest BCUT2D eigenvalue weighted by Crippen LogP contribution is 2.42. The van der Waals surface area contributed by atoms with Crippen LogP contribution in [0.1, 0.15) is 60.3 Å². The summed E-state index contributed by atoms with van der Waals surface area (Å²) in [6.07, 6.45) is 1.58. The summed E-state index contributed by atoms with van der Waals surface area (Å²) in [6.45, 7) is 0.000919. The molecule has 0 aliphatic carbocycles. The summed E-state index contributed by atoms with van der Waals surface area (Å²) in [5.74, 6) is 0.642. The van der Waals surface area contributed by atoms with Crippen LogP contribution in [0, 0.1) is 0 Å². The first-order valence-electron chi connectivity index (χ1n) is 13.8. The van der Waals surface area contributed by atoms with Gasteiger partial charge in [-0.05, 0) is 78.8 Å². The molecule has 0 amide bonds. The summed E-state index contributed by atoms with van der Waals surface area (Å²) in [5.41, 5.74) is -4.01. The molecule has 13 heteroatoms. The van der Waals surface area contributed by atoms with Crippen molar-refractivity contribution in [2.24, 2.45) is 0 Å². The molecule has 228 valence electrons. The number of rotatable bonds is 6. The van der Waals surface area contributed by atoms with Crippen molar-refractivity contribution in [3.05, 3.63) is 99.3 Å². The third-order valence-corrected chi connectivity index (χ3v) is 10.4. The highest BCUT2D eigenvalue weighted by molar-refractivity contribution is 7.90. The Morgan fingerprint density at radius 2 is 1.42 bits per heavy atom.